The van der Waals surface area contributed by atoms with E-state index in [9.17, 15) is 4.39 Å². The normalized spacial score (nSPS) is 10.9. The highest BCUT2D eigenvalue weighted by Crippen LogP contribution is 2.09. The summed E-state index contributed by atoms with van der Waals surface area (Å²) in [5.74, 6) is -0.0747. The molecule has 1 nitrogen and oxygen atoms in total. The van der Waals surface area contributed by atoms with Crippen LogP contribution in [0.3, 0.4) is 0 Å². The molecule has 1 aromatic rings. The SMILES string of the molecule is CC(C)NCCCCc1ccccc1F. The Labute approximate surface area is 91.7 Å². The second-order valence-electron chi connectivity index (χ2n) is 4.16. The van der Waals surface area contributed by atoms with Crippen molar-refractivity contribution < 1.29 is 4.39 Å². The Balaban J connectivity index is 2.18. The van der Waals surface area contributed by atoms with Crippen molar-refractivity contribution in [1.29, 1.82) is 0 Å². The number of rotatable bonds is 6. The van der Waals surface area contributed by atoms with Crippen LogP contribution in [0.1, 0.15) is 32.3 Å². The van der Waals surface area contributed by atoms with Gasteiger partial charge in [-0.3, -0.25) is 0 Å². The Kier molecular flexibility index (Phi) is 5.33. The van der Waals surface area contributed by atoms with E-state index in [1.807, 2.05) is 12.1 Å². The first kappa shape index (κ1) is 12.2. The van der Waals surface area contributed by atoms with Crippen LogP contribution in [0.25, 0.3) is 0 Å². The summed E-state index contributed by atoms with van der Waals surface area (Å²) >= 11 is 0. The highest BCUT2D eigenvalue weighted by molar-refractivity contribution is 5.17. The van der Waals surface area contributed by atoms with Gasteiger partial charge < -0.3 is 5.32 Å². The minimum Gasteiger partial charge on any atom is -0.315 e. The van der Waals surface area contributed by atoms with Crippen LogP contribution in [0, 0.1) is 5.82 Å². The van der Waals surface area contributed by atoms with Crippen molar-refractivity contribution in [3.63, 3.8) is 0 Å². The smallest absolute Gasteiger partial charge is 0.126 e. The number of hydrogen-bond acceptors (Lipinski definition) is 1. The third-order valence-corrected chi connectivity index (χ3v) is 2.38. The lowest BCUT2D eigenvalue weighted by Crippen LogP contribution is -2.23. The lowest BCUT2D eigenvalue weighted by molar-refractivity contribution is 0.550. The van der Waals surface area contributed by atoms with Crippen molar-refractivity contribution in [2.24, 2.45) is 0 Å². The zero-order valence-corrected chi connectivity index (χ0v) is 9.59. The van der Waals surface area contributed by atoms with E-state index in [2.05, 4.69) is 19.2 Å². The molecule has 1 N–H and O–H groups in total. The molecule has 0 amide bonds. The maximum atomic E-state index is 13.2. The van der Waals surface area contributed by atoms with Crippen LogP contribution in [-0.4, -0.2) is 12.6 Å². The fourth-order valence-electron chi connectivity index (χ4n) is 1.53. The fourth-order valence-corrected chi connectivity index (χ4v) is 1.53. The molecular formula is C13H20FN. The minimum atomic E-state index is -0.0747. The monoisotopic (exact) mass is 209 g/mol. The van der Waals surface area contributed by atoms with Gasteiger partial charge in [0, 0.05) is 6.04 Å². The molecule has 0 bridgehead atoms. The number of benzene rings is 1. The molecule has 1 aromatic carbocycles. The summed E-state index contributed by atoms with van der Waals surface area (Å²) < 4.78 is 13.2. The van der Waals surface area contributed by atoms with Crippen molar-refractivity contribution in [3.8, 4) is 0 Å². The van der Waals surface area contributed by atoms with Crippen molar-refractivity contribution in [2.75, 3.05) is 6.54 Å². The molecule has 0 heterocycles. The molecule has 0 unspecified atom stereocenters. The molecule has 0 aliphatic carbocycles. The third kappa shape index (κ3) is 4.93. The van der Waals surface area contributed by atoms with E-state index in [0.717, 1.165) is 31.4 Å². The van der Waals surface area contributed by atoms with Crippen molar-refractivity contribution in [3.05, 3.63) is 35.6 Å². The maximum absolute atomic E-state index is 13.2. The number of unbranched alkanes of at least 4 members (excludes halogenated alkanes) is 1. The first-order valence-corrected chi connectivity index (χ1v) is 5.67. The quantitative estimate of drug-likeness (QED) is 0.710. The van der Waals surface area contributed by atoms with Crippen molar-refractivity contribution in [2.45, 2.75) is 39.2 Å². The number of nitrogens with one attached hydrogen (secondary N) is 1. The molecule has 84 valence electrons. The van der Waals surface area contributed by atoms with Gasteiger partial charge in [0.15, 0.2) is 0 Å². The highest BCUT2D eigenvalue weighted by atomic mass is 19.1. The van der Waals surface area contributed by atoms with Gasteiger partial charge in [0.1, 0.15) is 5.82 Å². The van der Waals surface area contributed by atoms with Gasteiger partial charge in [-0.2, -0.15) is 0 Å². The average Bonchev–Trinajstić information content (AvgIpc) is 2.20. The lowest BCUT2D eigenvalue weighted by atomic mass is 10.1. The summed E-state index contributed by atoms with van der Waals surface area (Å²) in [6.45, 7) is 5.29. The van der Waals surface area contributed by atoms with Crippen molar-refractivity contribution in [1.82, 2.24) is 5.32 Å². The van der Waals surface area contributed by atoms with E-state index in [1.54, 1.807) is 6.07 Å². The van der Waals surface area contributed by atoms with Crippen LogP contribution in [0.5, 0.6) is 0 Å². The van der Waals surface area contributed by atoms with Crippen LogP contribution < -0.4 is 5.32 Å². The largest absolute Gasteiger partial charge is 0.315 e. The number of aryl methyl sites for hydroxylation is 1. The van der Waals surface area contributed by atoms with Gasteiger partial charge in [-0.05, 0) is 37.4 Å². The molecule has 0 saturated carbocycles. The third-order valence-electron chi connectivity index (χ3n) is 2.38. The molecule has 0 saturated heterocycles. The number of halogens is 1. The van der Waals surface area contributed by atoms with Crippen LogP contribution in [0.2, 0.25) is 0 Å². The molecule has 0 aliphatic rings. The standard InChI is InChI=1S/C13H20FN/c1-11(2)15-10-6-5-8-12-7-3-4-9-13(12)14/h3-4,7,9,11,15H,5-6,8,10H2,1-2H3. The maximum Gasteiger partial charge on any atom is 0.126 e. The minimum absolute atomic E-state index is 0.0747. The van der Waals surface area contributed by atoms with E-state index in [0.29, 0.717) is 6.04 Å². The predicted octanol–water partition coefficient (Wildman–Crippen LogP) is 3.15. The Morgan fingerprint density at radius 3 is 2.60 bits per heavy atom. The van der Waals surface area contributed by atoms with Gasteiger partial charge in [0.2, 0.25) is 0 Å². The number of hydrogen-bond donors (Lipinski definition) is 1. The van der Waals surface area contributed by atoms with Crippen LogP contribution >= 0.6 is 0 Å². The summed E-state index contributed by atoms with van der Waals surface area (Å²) in [5.41, 5.74) is 0.835. The topological polar surface area (TPSA) is 12.0 Å². The summed E-state index contributed by atoms with van der Waals surface area (Å²) in [5, 5.41) is 3.35. The molecule has 1 rings (SSSR count). The van der Waals surface area contributed by atoms with Crippen LogP contribution in [-0.2, 0) is 6.42 Å². The van der Waals surface area contributed by atoms with Crippen LogP contribution in [0.4, 0.5) is 4.39 Å². The van der Waals surface area contributed by atoms with Crippen LogP contribution in [0.15, 0.2) is 24.3 Å². The average molecular weight is 209 g/mol. The second-order valence-corrected chi connectivity index (χ2v) is 4.16. The zero-order valence-electron chi connectivity index (χ0n) is 9.59. The lowest BCUT2D eigenvalue weighted by Gasteiger charge is -2.07. The molecule has 0 aliphatic heterocycles. The highest BCUT2D eigenvalue weighted by Gasteiger charge is 1.99. The van der Waals surface area contributed by atoms with E-state index >= 15 is 0 Å². The summed E-state index contributed by atoms with van der Waals surface area (Å²) in [4.78, 5) is 0. The zero-order chi connectivity index (χ0) is 11.1. The first-order valence-electron chi connectivity index (χ1n) is 5.67. The summed E-state index contributed by atoms with van der Waals surface area (Å²) in [6, 6.07) is 7.56. The molecule has 0 aromatic heterocycles. The summed E-state index contributed by atoms with van der Waals surface area (Å²) in [6.07, 6.45) is 2.99. The van der Waals surface area contributed by atoms with Gasteiger partial charge in [-0.1, -0.05) is 32.0 Å². The van der Waals surface area contributed by atoms with Gasteiger partial charge >= 0.3 is 0 Å². The van der Waals surface area contributed by atoms with Gasteiger partial charge in [-0.15, -0.1) is 0 Å². The van der Waals surface area contributed by atoms with Crippen molar-refractivity contribution >= 4 is 0 Å². The predicted molar refractivity (Wildman–Crippen MR) is 62.5 cm³/mol. The molecular weight excluding hydrogens is 189 g/mol. The van der Waals surface area contributed by atoms with Gasteiger partial charge in [-0.25, -0.2) is 4.39 Å². The Morgan fingerprint density at radius 1 is 1.20 bits per heavy atom. The molecule has 0 atom stereocenters. The molecule has 2 heteroatoms. The van der Waals surface area contributed by atoms with E-state index in [4.69, 9.17) is 0 Å². The fraction of sp³-hybridized carbons (Fsp3) is 0.538. The van der Waals surface area contributed by atoms with Gasteiger partial charge in [0.05, 0.1) is 0 Å². The molecule has 15 heavy (non-hydrogen) atoms. The van der Waals surface area contributed by atoms with E-state index in [1.165, 1.54) is 6.07 Å². The molecule has 0 radical (unpaired) electrons. The second kappa shape index (κ2) is 6.57. The molecule has 0 spiro atoms. The Hall–Kier alpha value is -0.890. The van der Waals surface area contributed by atoms with E-state index < -0.39 is 0 Å². The Morgan fingerprint density at radius 2 is 1.93 bits per heavy atom. The Bertz CT molecular complexity index is 284. The van der Waals surface area contributed by atoms with Gasteiger partial charge in [0.25, 0.3) is 0 Å². The summed E-state index contributed by atoms with van der Waals surface area (Å²) in [7, 11) is 0. The molecule has 0 fully saturated rings. The first-order chi connectivity index (χ1) is 7.20. The van der Waals surface area contributed by atoms with E-state index in [-0.39, 0.29) is 5.82 Å².